The molecular formula is C19H15NO4. The third-order valence-corrected chi connectivity index (χ3v) is 4.76. The second-order valence-corrected chi connectivity index (χ2v) is 6.05. The van der Waals surface area contributed by atoms with E-state index in [2.05, 4.69) is 0 Å². The second kappa shape index (κ2) is 5.34. The SMILES string of the molecule is CCOC(=O)C1=C2c3oc4ccc(C#N)cc4c(=O)c3C2CCC1. The fourth-order valence-electron chi connectivity index (χ4n) is 3.70. The average molecular weight is 321 g/mol. The molecule has 0 radical (unpaired) electrons. The maximum absolute atomic E-state index is 12.8. The van der Waals surface area contributed by atoms with E-state index in [9.17, 15) is 9.59 Å². The number of benzene rings is 1. The third-order valence-electron chi connectivity index (χ3n) is 4.76. The van der Waals surface area contributed by atoms with Crippen LogP contribution in [0.1, 0.15) is 49.0 Å². The van der Waals surface area contributed by atoms with E-state index in [1.807, 2.05) is 6.07 Å². The van der Waals surface area contributed by atoms with Gasteiger partial charge in [-0.2, -0.15) is 5.26 Å². The van der Waals surface area contributed by atoms with Gasteiger partial charge in [0.15, 0.2) is 5.43 Å². The molecule has 2 aromatic rings. The molecule has 1 atom stereocenters. The lowest BCUT2D eigenvalue weighted by Crippen LogP contribution is -2.31. The molecular weight excluding hydrogens is 306 g/mol. The van der Waals surface area contributed by atoms with Crippen molar-refractivity contribution in [2.75, 3.05) is 6.61 Å². The molecule has 2 aliphatic rings. The van der Waals surface area contributed by atoms with Crippen molar-refractivity contribution in [2.24, 2.45) is 0 Å². The summed E-state index contributed by atoms with van der Waals surface area (Å²) in [5.74, 6) is 0.148. The molecule has 0 saturated heterocycles. The van der Waals surface area contributed by atoms with Crippen LogP contribution in [0.2, 0.25) is 0 Å². The van der Waals surface area contributed by atoms with Crippen LogP contribution < -0.4 is 5.43 Å². The Morgan fingerprint density at radius 3 is 3.04 bits per heavy atom. The molecule has 0 bridgehead atoms. The van der Waals surface area contributed by atoms with Gasteiger partial charge >= 0.3 is 5.97 Å². The highest BCUT2D eigenvalue weighted by atomic mass is 16.5. The standard InChI is InChI=1S/C19H15NO4/c1-2-23-19(22)12-5-3-4-11-15(12)18-16(11)17(21)13-8-10(9-20)6-7-14(13)24-18/h6-8,11H,2-5H2,1H3. The molecule has 0 aliphatic heterocycles. The zero-order valence-electron chi connectivity index (χ0n) is 13.2. The lowest BCUT2D eigenvalue weighted by atomic mass is 9.68. The van der Waals surface area contributed by atoms with E-state index in [1.165, 1.54) is 0 Å². The maximum atomic E-state index is 12.8. The van der Waals surface area contributed by atoms with Crippen LogP contribution in [0, 0.1) is 11.3 Å². The van der Waals surface area contributed by atoms with Gasteiger partial charge in [0.25, 0.3) is 0 Å². The zero-order chi connectivity index (χ0) is 16.8. The fourth-order valence-corrected chi connectivity index (χ4v) is 3.70. The van der Waals surface area contributed by atoms with Crippen molar-refractivity contribution in [1.82, 2.24) is 0 Å². The first kappa shape index (κ1) is 14.7. The van der Waals surface area contributed by atoms with E-state index < -0.39 is 0 Å². The number of fused-ring (bicyclic) bond motifs is 5. The Morgan fingerprint density at radius 2 is 2.29 bits per heavy atom. The van der Waals surface area contributed by atoms with Gasteiger partial charge in [-0.3, -0.25) is 4.79 Å². The topological polar surface area (TPSA) is 80.3 Å². The average Bonchev–Trinajstić information content (AvgIpc) is 2.59. The molecule has 24 heavy (non-hydrogen) atoms. The van der Waals surface area contributed by atoms with Gasteiger partial charge in [-0.05, 0) is 44.4 Å². The minimum absolute atomic E-state index is 0.0560. The number of nitrogens with zero attached hydrogens (tertiary/aromatic N) is 1. The smallest absolute Gasteiger partial charge is 0.334 e. The van der Waals surface area contributed by atoms with E-state index in [0.29, 0.717) is 46.5 Å². The van der Waals surface area contributed by atoms with Crippen LogP contribution in [-0.4, -0.2) is 12.6 Å². The Labute approximate surface area is 138 Å². The zero-order valence-corrected chi connectivity index (χ0v) is 13.2. The minimum Gasteiger partial charge on any atom is -0.463 e. The maximum Gasteiger partial charge on any atom is 0.334 e. The normalized spacial score (nSPS) is 18.4. The van der Waals surface area contributed by atoms with Gasteiger partial charge in [-0.1, -0.05) is 0 Å². The number of carbonyl (C=O) groups excluding carboxylic acids is 1. The Bertz CT molecular complexity index is 1010. The number of allylic oxidation sites excluding steroid dienone is 1. The molecule has 0 amide bonds. The number of carbonyl (C=O) groups is 1. The quantitative estimate of drug-likeness (QED) is 0.793. The van der Waals surface area contributed by atoms with Crippen molar-refractivity contribution in [2.45, 2.75) is 32.1 Å². The summed E-state index contributed by atoms with van der Waals surface area (Å²) in [6.07, 6.45) is 2.33. The Morgan fingerprint density at radius 1 is 1.46 bits per heavy atom. The molecule has 1 aromatic heterocycles. The van der Waals surface area contributed by atoms with Crippen LogP contribution in [0.4, 0.5) is 0 Å². The van der Waals surface area contributed by atoms with Gasteiger partial charge in [0, 0.05) is 17.1 Å². The Kier molecular flexibility index (Phi) is 3.27. The summed E-state index contributed by atoms with van der Waals surface area (Å²) in [7, 11) is 0. The first-order valence-corrected chi connectivity index (χ1v) is 8.07. The number of rotatable bonds is 2. The van der Waals surface area contributed by atoms with Crippen LogP contribution in [-0.2, 0) is 9.53 Å². The van der Waals surface area contributed by atoms with Crippen molar-refractivity contribution >= 4 is 22.5 Å². The van der Waals surface area contributed by atoms with Crippen LogP contribution >= 0.6 is 0 Å². The van der Waals surface area contributed by atoms with E-state index in [-0.39, 0.29) is 17.3 Å². The van der Waals surface area contributed by atoms with Gasteiger partial charge in [-0.15, -0.1) is 0 Å². The highest BCUT2D eigenvalue weighted by Gasteiger charge is 2.43. The molecule has 0 spiro atoms. The van der Waals surface area contributed by atoms with E-state index >= 15 is 0 Å². The summed E-state index contributed by atoms with van der Waals surface area (Å²) in [5.41, 5.74) is 2.88. The Hall–Kier alpha value is -2.87. The Balaban J connectivity index is 1.95. The van der Waals surface area contributed by atoms with Crippen molar-refractivity contribution in [1.29, 1.82) is 5.26 Å². The van der Waals surface area contributed by atoms with E-state index in [0.717, 1.165) is 18.4 Å². The molecule has 5 nitrogen and oxygen atoms in total. The first-order valence-electron chi connectivity index (χ1n) is 8.07. The monoisotopic (exact) mass is 321 g/mol. The first-order chi connectivity index (χ1) is 11.7. The highest BCUT2D eigenvalue weighted by Crippen LogP contribution is 2.53. The molecule has 1 heterocycles. The number of ether oxygens (including phenoxy) is 1. The van der Waals surface area contributed by atoms with Crippen molar-refractivity contribution < 1.29 is 13.9 Å². The van der Waals surface area contributed by atoms with Crippen LogP contribution in [0.15, 0.2) is 33.0 Å². The van der Waals surface area contributed by atoms with Crippen LogP contribution in [0.3, 0.4) is 0 Å². The summed E-state index contributed by atoms with van der Waals surface area (Å²) in [5, 5.41) is 9.44. The minimum atomic E-state index is -0.314. The molecule has 1 unspecified atom stereocenters. The predicted octanol–water partition coefficient (Wildman–Crippen LogP) is 3.26. The van der Waals surface area contributed by atoms with Crippen molar-refractivity contribution in [3.63, 3.8) is 0 Å². The summed E-state index contributed by atoms with van der Waals surface area (Å²) in [4.78, 5) is 25.0. The van der Waals surface area contributed by atoms with Gasteiger partial charge in [-0.25, -0.2) is 4.79 Å². The number of nitriles is 1. The highest BCUT2D eigenvalue weighted by molar-refractivity contribution is 6.03. The summed E-state index contributed by atoms with van der Waals surface area (Å²) >= 11 is 0. The molecule has 1 aromatic carbocycles. The largest absolute Gasteiger partial charge is 0.463 e. The van der Waals surface area contributed by atoms with Crippen LogP contribution in [0.25, 0.3) is 16.5 Å². The fraction of sp³-hybridized carbons (Fsp3) is 0.316. The summed E-state index contributed by atoms with van der Waals surface area (Å²) in [6, 6.07) is 6.86. The molecule has 0 saturated carbocycles. The molecule has 4 rings (SSSR count). The van der Waals surface area contributed by atoms with E-state index in [4.69, 9.17) is 14.4 Å². The van der Waals surface area contributed by atoms with Crippen molar-refractivity contribution in [3.05, 3.63) is 50.9 Å². The van der Waals surface area contributed by atoms with Gasteiger partial charge in [0.1, 0.15) is 11.3 Å². The molecule has 0 N–H and O–H groups in total. The molecule has 0 fully saturated rings. The summed E-state index contributed by atoms with van der Waals surface area (Å²) < 4.78 is 11.1. The van der Waals surface area contributed by atoms with Gasteiger partial charge in [0.05, 0.1) is 29.2 Å². The molecule has 120 valence electrons. The van der Waals surface area contributed by atoms with E-state index in [1.54, 1.807) is 25.1 Å². The van der Waals surface area contributed by atoms with Crippen LogP contribution in [0.5, 0.6) is 0 Å². The second-order valence-electron chi connectivity index (χ2n) is 6.05. The third kappa shape index (κ3) is 1.93. The molecule has 2 aliphatic carbocycles. The lowest BCUT2D eigenvalue weighted by Gasteiger charge is -2.36. The van der Waals surface area contributed by atoms with Crippen molar-refractivity contribution in [3.8, 4) is 6.07 Å². The van der Waals surface area contributed by atoms with Gasteiger partial charge < -0.3 is 9.15 Å². The number of hydrogen-bond donors (Lipinski definition) is 0. The number of esters is 1. The predicted molar refractivity (Wildman–Crippen MR) is 87.3 cm³/mol. The number of hydrogen-bond acceptors (Lipinski definition) is 5. The van der Waals surface area contributed by atoms with Gasteiger partial charge in [0.2, 0.25) is 0 Å². The lowest BCUT2D eigenvalue weighted by molar-refractivity contribution is -0.138. The summed E-state index contributed by atoms with van der Waals surface area (Å²) in [6.45, 7) is 2.10. The molecule has 5 heteroatoms.